The zero-order chi connectivity index (χ0) is 20.7. The van der Waals surface area contributed by atoms with Crippen molar-refractivity contribution in [2.24, 2.45) is 4.99 Å². The molecule has 11 heteroatoms. The maximum atomic E-state index is 12.6. The van der Waals surface area contributed by atoms with Gasteiger partial charge in [-0.15, -0.1) is 0 Å². The van der Waals surface area contributed by atoms with Crippen LogP contribution in [0.15, 0.2) is 4.99 Å². The summed E-state index contributed by atoms with van der Waals surface area (Å²) in [7, 11) is -3.20. The fourth-order valence-electron chi connectivity index (χ4n) is 2.75. The summed E-state index contributed by atoms with van der Waals surface area (Å²) in [6.45, 7) is 7.95. The molecule has 1 aliphatic heterocycles. The number of hydrogen-bond acceptors (Lipinski definition) is 4. The fourth-order valence-corrected chi connectivity index (χ4v) is 3.74. The number of alkyl halides is 3. The molecule has 1 atom stereocenters. The molecule has 0 radical (unpaired) electrons. The van der Waals surface area contributed by atoms with Gasteiger partial charge in [0, 0.05) is 38.3 Å². The number of guanidine groups is 1. The molecule has 0 aromatic carbocycles. The van der Waals surface area contributed by atoms with Crippen LogP contribution < -0.4 is 10.6 Å². The Morgan fingerprint density at radius 1 is 1.30 bits per heavy atom. The number of nitrogens with zero attached hydrogens (tertiary/aromatic N) is 3. The molecule has 0 aliphatic carbocycles. The second-order valence-corrected chi connectivity index (χ2v) is 8.70. The van der Waals surface area contributed by atoms with Crippen LogP contribution in [0.2, 0.25) is 0 Å². The van der Waals surface area contributed by atoms with E-state index < -0.39 is 15.5 Å². The van der Waals surface area contributed by atoms with Gasteiger partial charge in [0.1, 0.15) is 0 Å². The van der Waals surface area contributed by atoms with Gasteiger partial charge in [-0.05, 0) is 40.2 Å². The van der Waals surface area contributed by atoms with Gasteiger partial charge in [0.2, 0.25) is 0 Å². The van der Waals surface area contributed by atoms with Crippen molar-refractivity contribution in [2.45, 2.75) is 57.6 Å². The monoisotopic (exact) mass is 415 g/mol. The molecule has 0 saturated carbocycles. The van der Waals surface area contributed by atoms with Crippen molar-refractivity contribution in [1.29, 1.82) is 0 Å². The zero-order valence-corrected chi connectivity index (χ0v) is 17.3. The summed E-state index contributed by atoms with van der Waals surface area (Å²) in [6, 6.07) is 0.352. The van der Waals surface area contributed by atoms with Crippen LogP contribution in [-0.4, -0.2) is 80.9 Å². The second-order valence-electron chi connectivity index (χ2n) is 6.77. The lowest BCUT2D eigenvalue weighted by Crippen LogP contribution is -2.51. The smallest absolute Gasteiger partial charge is 0.357 e. The van der Waals surface area contributed by atoms with E-state index in [2.05, 4.69) is 34.4 Å². The molecule has 1 heterocycles. The first-order chi connectivity index (χ1) is 12.5. The minimum absolute atomic E-state index is 0.116. The van der Waals surface area contributed by atoms with E-state index in [9.17, 15) is 21.6 Å². The van der Waals surface area contributed by atoms with E-state index in [0.717, 1.165) is 13.0 Å². The summed E-state index contributed by atoms with van der Waals surface area (Å²) in [5, 5.41) is 6.32. The Balaban J connectivity index is 2.56. The number of sulfonamides is 1. The Morgan fingerprint density at radius 2 is 1.89 bits per heavy atom. The minimum atomic E-state index is -5.24. The van der Waals surface area contributed by atoms with Crippen LogP contribution in [0.25, 0.3) is 0 Å². The molecule has 0 aromatic heterocycles. The van der Waals surface area contributed by atoms with Gasteiger partial charge in [-0.25, -0.2) is 8.42 Å². The Bertz CT molecular complexity index is 575. The van der Waals surface area contributed by atoms with E-state index in [4.69, 9.17) is 0 Å². The average molecular weight is 416 g/mol. The van der Waals surface area contributed by atoms with E-state index >= 15 is 0 Å². The molecule has 1 rings (SSSR count). The number of rotatable bonds is 8. The van der Waals surface area contributed by atoms with Crippen LogP contribution in [0.1, 0.15) is 40.0 Å². The van der Waals surface area contributed by atoms with Crippen LogP contribution in [0.3, 0.4) is 0 Å². The molecule has 7 nitrogen and oxygen atoms in total. The standard InChI is InChI=1S/C16H32F3N5O2S/c1-5-13(3)23(4)12-9-21-15(20-6-2)22-14-7-10-24(11-8-14)27(25,26)16(17,18)19/h13-14H,5-12H2,1-4H3,(H2,20,21,22). The van der Waals surface area contributed by atoms with Crippen LogP contribution in [0.5, 0.6) is 0 Å². The van der Waals surface area contributed by atoms with Crippen LogP contribution in [0.4, 0.5) is 13.2 Å². The molecule has 0 amide bonds. The molecule has 1 fully saturated rings. The molecule has 0 aromatic rings. The third-order valence-corrected chi connectivity index (χ3v) is 6.47. The van der Waals surface area contributed by atoms with Crippen LogP contribution >= 0.6 is 0 Å². The van der Waals surface area contributed by atoms with Gasteiger partial charge in [0.25, 0.3) is 0 Å². The van der Waals surface area contributed by atoms with E-state index in [1.165, 1.54) is 0 Å². The van der Waals surface area contributed by atoms with Crippen molar-refractivity contribution in [3.63, 3.8) is 0 Å². The molecule has 1 saturated heterocycles. The van der Waals surface area contributed by atoms with E-state index in [0.29, 0.717) is 42.2 Å². The van der Waals surface area contributed by atoms with Crippen molar-refractivity contribution in [2.75, 3.05) is 39.8 Å². The van der Waals surface area contributed by atoms with Gasteiger partial charge in [-0.1, -0.05) is 6.92 Å². The first-order valence-corrected chi connectivity index (χ1v) is 10.8. The lowest BCUT2D eigenvalue weighted by atomic mass is 10.1. The lowest BCUT2D eigenvalue weighted by Gasteiger charge is -2.32. The van der Waals surface area contributed by atoms with Crippen molar-refractivity contribution < 1.29 is 21.6 Å². The van der Waals surface area contributed by atoms with Gasteiger partial charge in [-0.2, -0.15) is 17.5 Å². The van der Waals surface area contributed by atoms with E-state index in [1.807, 2.05) is 14.0 Å². The third kappa shape index (κ3) is 7.11. The maximum absolute atomic E-state index is 12.6. The highest BCUT2D eigenvalue weighted by Gasteiger charge is 2.50. The summed E-state index contributed by atoms with van der Waals surface area (Å²) >= 11 is 0. The number of halogens is 3. The molecular formula is C16H32F3N5O2S. The number of piperidine rings is 1. The SMILES string of the molecule is CCNC(=NCCN(C)C(C)CC)NC1CCN(S(=O)(=O)C(F)(F)F)CC1. The van der Waals surface area contributed by atoms with Gasteiger partial charge >= 0.3 is 15.5 Å². The van der Waals surface area contributed by atoms with Crippen molar-refractivity contribution in [1.82, 2.24) is 19.8 Å². The molecule has 0 spiro atoms. The largest absolute Gasteiger partial charge is 0.511 e. The molecule has 1 unspecified atom stereocenters. The highest BCUT2D eigenvalue weighted by Crippen LogP contribution is 2.28. The first kappa shape index (κ1) is 24.0. The van der Waals surface area contributed by atoms with Gasteiger partial charge in [0.15, 0.2) is 5.96 Å². The van der Waals surface area contributed by atoms with Gasteiger partial charge in [0.05, 0.1) is 6.54 Å². The summed E-state index contributed by atoms with van der Waals surface area (Å²) in [5.74, 6) is 0.604. The number of aliphatic imine (C=N–C) groups is 1. The first-order valence-electron chi connectivity index (χ1n) is 9.34. The summed E-state index contributed by atoms with van der Waals surface area (Å²) in [4.78, 5) is 6.73. The predicted octanol–water partition coefficient (Wildman–Crippen LogP) is 1.59. The van der Waals surface area contributed by atoms with Crippen LogP contribution in [0, 0.1) is 0 Å². The fraction of sp³-hybridized carbons (Fsp3) is 0.938. The quantitative estimate of drug-likeness (QED) is 0.465. The molecule has 27 heavy (non-hydrogen) atoms. The molecule has 2 N–H and O–H groups in total. The molecular weight excluding hydrogens is 383 g/mol. The van der Waals surface area contributed by atoms with E-state index in [1.54, 1.807) is 0 Å². The summed E-state index contributed by atoms with van der Waals surface area (Å²) in [5.41, 5.74) is -5.24. The summed E-state index contributed by atoms with van der Waals surface area (Å²) in [6.07, 6.45) is 1.65. The highest BCUT2D eigenvalue weighted by molar-refractivity contribution is 7.90. The minimum Gasteiger partial charge on any atom is -0.357 e. The second kappa shape index (κ2) is 10.5. The highest BCUT2D eigenvalue weighted by atomic mass is 32.2. The van der Waals surface area contributed by atoms with Gasteiger partial charge in [-0.3, -0.25) is 4.99 Å². The lowest BCUT2D eigenvalue weighted by molar-refractivity contribution is -0.0494. The average Bonchev–Trinajstić information content (AvgIpc) is 2.60. The Labute approximate surface area is 160 Å². The summed E-state index contributed by atoms with van der Waals surface area (Å²) < 4.78 is 61.3. The normalized spacial score (nSPS) is 19.3. The third-order valence-electron chi connectivity index (χ3n) is 4.84. The number of hydrogen-bond donors (Lipinski definition) is 2. The molecule has 1 aliphatic rings. The number of likely N-dealkylation sites (N-methyl/N-ethyl adjacent to an activating group) is 1. The topological polar surface area (TPSA) is 77.0 Å². The predicted molar refractivity (Wildman–Crippen MR) is 101 cm³/mol. The number of nitrogens with one attached hydrogen (secondary N) is 2. The Hall–Kier alpha value is -1.07. The maximum Gasteiger partial charge on any atom is 0.511 e. The van der Waals surface area contributed by atoms with E-state index in [-0.39, 0.29) is 19.1 Å². The van der Waals surface area contributed by atoms with Crippen LogP contribution in [-0.2, 0) is 10.0 Å². The zero-order valence-electron chi connectivity index (χ0n) is 16.5. The Kier molecular flexibility index (Phi) is 9.29. The Morgan fingerprint density at radius 3 is 2.37 bits per heavy atom. The van der Waals surface area contributed by atoms with Crippen molar-refractivity contribution >= 4 is 16.0 Å². The molecule has 0 bridgehead atoms. The van der Waals surface area contributed by atoms with Gasteiger partial charge < -0.3 is 15.5 Å². The molecule has 160 valence electrons. The van der Waals surface area contributed by atoms with Crippen molar-refractivity contribution in [3.8, 4) is 0 Å². The van der Waals surface area contributed by atoms with Crippen molar-refractivity contribution in [3.05, 3.63) is 0 Å².